The van der Waals surface area contributed by atoms with Crippen LogP contribution < -0.4 is 10.6 Å². The van der Waals surface area contributed by atoms with Crippen molar-refractivity contribution in [1.82, 2.24) is 14.9 Å². The smallest absolute Gasteiger partial charge is 0.224 e. The van der Waals surface area contributed by atoms with Crippen LogP contribution in [0.25, 0.3) is 0 Å². The number of nitrogens with one attached hydrogen (secondary N) is 2. The van der Waals surface area contributed by atoms with E-state index in [2.05, 4.69) is 20.6 Å². The average molecular weight is 279 g/mol. The van der Waals surface area contributed by atoms with Crippen molar-refractivity contribution in [2.75, 3.05) is 36.8 Å². The van der Waals surface area contributed by atoms with E-state index >= 15 is 0 Å². The number of hydrogen-bond donors (Lipinski definition) is 2. The van der Waals surface area contributed by atoms with E-state index in [0.717, 1.165) is 31.1 Å². The van der Waals surface area contributed by atoms with Crippen LogP contribution in [0.3, 0.4) is 0 Å². The second kappa shape index (κ2) is 8.35. The first-order chi connectivity index (χ1) is 9.60. The number of aromatic nitrogens is 2. The summed E-state index contributed by atoms with van der Waals surface area (Å²) in [5.41, 5.74) is 0.897. The summed E-state index contributed by atoms with van der Waals surface area (Å²) < 4.78 is 0. The minimum atomic E-state index is 0.167. The van der Waals surface area contributed by atoms with Crippen molar-refractivity contribution in [3.63, 3.8) is 0 Å². The van der Waals surface area contributed by atoms with Gasteiger partial charge in [-0.2, -0.15) is 4.98 Å². The minimum Gasteiger partial charge on any atom is -0.369 e. The van der Waals surface area contributed by atoms with Crippen LogP contribution in [0.15, 0.2) is 6.07 Å². The maximum Gasteiger partial charge on any atom is 0.224 e. The summed E-state index contributed by atoms with van der Waals surface area (Å²) in [5, 5.41) is 6.27. The van der Waals surface area contributed by atoms with Crippen molar-refractivity contribution in [2.45, 2.75) is 34.1 Å². The van der Waals surface area contributed by atoms with Gasteiger partial charge in [0, 0.05) is 44.4 Å². The second-order valence-corrected chi connectivity index (χ2v) is 4.49. The lowest BCUT2D eigenvalue weighted by Gasteiger charge is -2.18. The van der Waals surface area contributed by atoms with Gasteiger partial charge in [-0.05, 0) is 27.7 Å². The highest BCUT2D eigenvalue weighted by molar-refractivity contribution is 5.76. The first kappa shape index (κ1) is 16.2. The van der Waals surface area contributed by atoms with E-state index in [9.17, 15) is 4.79 Å². The Morgan fingerprint density at radius 3 is 2.50 bits per heavy atom. The Morgan fingerprint density at radius 2 is 1.90 bits per heavy atom. The zero-order valence-electron chi connectivity index (χ0n) is 12.9. The topological polar surface area (TPSA) is 70.2 Å². The number of amides is 1. The summed E-state index contributed by atoms with van der Waals surface area (Å²) in [7, 11) is 0. The van der Waals surface area contributed by atoms with Crippen molar-refractivity contribution in [2.24, 2.45) is 0 Å². The molecule has 1 heterocycles. The summed E-state index contributed by atoms with van der Waals surface area (Å²) in [4.78, 5) is 22.3. The van der Waals surface area contributed by atoms with Crippen LogP contribution in [-0.2, 0) is 4.79 Å². The van der Waals surface area contributed by atoms with Gasteiger partial charge in [0.05, 0.1) is 0 Å². The Balaban J connectivity index is 2.51. The van der Waals surface area contributed by atoms with Gasteiger partial charge in [-0.15, -0.1) is 0 Å². The maximum atomic E-state index is 11.9. The Hall–Kier alpha value is -1.85. The number of nitrogens with zero attached hydrogens (tertiary/aromatic N) is 3. The molecule has 20 heavy (non-hydrogen) atoms. The number of aryl methyl sites for hydroxylation is 1. The fraction of sp³-hybridized carbons (Fsp3) is 0.643. The third-order valence-electron chi connectivity index (χ3n) is 2.95. The standard InChI is InChI=1S/C14H25N5O/c1-5-15-14-17-11(4)10-12(18-14)16-9-8-13(20)19(6-2)7-3/h10H,5-9H2,1-4H3,(H2,15,16,17,18). The van der Waals surface area contributed by atoms with E-state index in [1.807, 2.05) is 38.7 Å². The van der Waals surface area contributed by atoms with Gasteiger partial charge in [0.1, 0.15) is 5.82 Å². The molecule has 0 saturated carbocycles. The minimum absolute atomic E-state index is 0.167. The van der Waals surface area contributed by atoms with Crippen molar-refractivity contribution in [3.8, 4) is 0 Å². The molecule has 0 atom stereocenters. The van der Waals surface area contributed by atoms with E-state index in [0.29, 0.717) is 18.9 Å². The molecule has 0 saturated heterocycles. The zero-order chi connectivity index (χ0) is 15.0. The average Bonchev–Trinajstić information content (AvgIpc) is 2.40. The third-order valence-corrected chi connectivity index (χ3v) is 2.95. The van der Waals surface area contributed by atoms with Gasteiger partial charge in [-0.3, -0.25) is 4.79 Å². The first-order valence-corrected chi connectivity index (χ1v) is 7.21. The molecule has 0 aromatic carbocycles. The molecule has 0 fully saturated rings. The number of carbonyl (C=O) groups excluding carboxylic acids is 1. The predicted molar refractivity (Wildman–Crippen MR) is 82.0 cm³/mol. The first-order valence-electron chi connectivity index (χ1n) is 7.21. The molecule has 0 bridgehead atoms. The molecule has 112 valence electrons. The van der Waals surface area contributed by atoms with Crippen LogP contribution in [0.1, 0.15) is 32.9 Å². The zero-order valence-corrected chi connectivity index (χ0v) is 12.9. The monoisotopic (exact) mass is 279 g/mol. The van der Waals surface area contributed by atoms with Crippen molar-refractivity contribution in [3.05, 3.63) is 11.8 Å². The summed E-state index contributed by atoms with van der Waals surface area (Å²) in [6.07, 6.45) is 0.473. The van der Waals surface area contributed by atoms with E-state index in [1.165, 1.54) is 0 Å². The third kappa shape index (κ3) is 5.03. The Bertz CT molecular complexity index is 432. The molecular weight excluding hydrogens is 254 g/mol. The molecule has 1 rings (SSSR count). The lowest BCUT2D eigenvalue weighted by molar-refractivity contribution is -0.130. The molecule has 1 aromatic rings. The number of rotatable bonds is 8. The van der Waals surface area contributed by atoms with E-state index in [1.54, 1.807) is 0 Å². The largest absolute Gasteiger partial charge is 0.369 e. The SMILES string of the molecule is CCNc1nc(C)cc(NCCC(=O)N(CC)CC)n1. The van der Waals surface area contributed by atoms with Gasteiger partial charge in [0.2, 0.25) is 11.9 Å². The Kier molecular flexibility index (Phi) is 6.76. The molecule has 2 N–H and O–H groups in total. The summed E-state index contributed by atoms with van der Waals surface area (Å²) >= 11 is 0. The van der Waals surface area contributed by atoms with Gasteiger partial charge < -0.3 is 15.5 Å². The summed E-state index contributed by atoms with van der Waals surface area (Å²) in [6.45, 7) is 10.8. The molecule has 0 aliphatic rings. The highest BCUT2D eigenvalue weighted by Gasteiger charge is 2.09. The molecule has 1 aromatic heterocycles. The molecule has 0 radical (unpaired) electrons. The molecule has 0 spiro atoms. The van der Waals surface area contributed by atoms with Crippen LogP contribution in [0, 0.1) is 6.92 Å². The fourth-order valence-electron chi connectivity index (χ4n) is 1.93. The van der Waals surface area contributed by atoms with Gasteiger partial charge in [-0.1, -0.05) is 0 Å². The van der Waals surface area contributed by atoms with Crippen LogP contribution in [-0.4, -0.2) is 47.0 Å². The lowest BCUT2D eigenvalue weighted by atomic mass is 10.3. The predicted octanol–water partition coefficient (Wildman–Crippen LogP) is 1.89. The van der Waals surface area contributed by atoms with E-state index < -0.39 is 0 Å². The highest BCUT2D eigenvalue weighted by Crippen LogP contribution is 2.09. The molecule has 6 heteroatoms. The van der Waals surface area contributed by atoms with Crippen LogP contribution in [0.4, 0.5) is 11.8 Å². The molecule has 0 aliphatic heterocycles. The Morgan fingerprint density at radius 1 is 1.20 bits per heavy atom. The van der Waals surface area contributed by atoms with Crippen molar-refractivity contribution < 1.29 is 4.79 Å². The molecule has 1 amide bonds. The lowest BCUT2D eigenvalue weighted by Crippen LogP contribution is -2.31. The second-order valence-electron chi connectivity index (χ2n) is 4.49. The van der Waals surface area contributed by atoms with Crippen LogP contribution in [0.2, 0.25) is 0 Å². The quantitative estimate of drug-likeness (QED) is 0.760. The maximum absolute atomic E-state index is 11.9. The van der Waals surface area contributed by atoms with Gasteiger partial charge in [-0.25, -0.2) is 4.98 Å². The number of anilines is 2. The van der Waals surface area contributed by atoms with Crippen molar-refractivity contribution in [1.29, 1.82) is 0 Å². The number of hydrogen-bond acceptors (Lipinski definition) is 5. The molecule has 6 nitrogen and oxygen atoms in total. The van der Waals surface area contributed by atoms with Gasteiger partial charge in [0.15, 0.2) is 0 Å². The van der Waals surface area contributed by atoms with Crippen LogP contribution in [0.5, 0.6) is 0 Å². The fourth-order valence-corrected chi connectivity index (χ4v) is 1.93. The summed E-state index contributed by atoms with van der Waals surface area (Å²) in [6, 6.07) is 1.88. The van der Waals surface area contributed by atoms with Gasteiger partial charge in [0.25, 0.3) is 0 Å². The Labute approximate surface area is 121 Å². The van der Waals surface area contributed by atoms with E-state index in [4.69, 9.17) is 0 Å². The van der Waals surface area contributed by atoms with Gasteiger partial charge >= 0.3 is 0 Å². The summed E-state index contributed by atoms with van der Waals surface area (Å²) in [5.74, 6) is 1.53. The molecule has 0 unspecified atom stereocenters. The molecular formula is C14H25N5O. The van der Waals surface area contributed by atoms with Crippen molar-refractivity contribution >= 4 is 17.7 Å². The normalized spacial score (nSPS) is 10.2. The highest BCUT2D eigenvalue weighted by atomic mass is 16.2. The van der Waals surface area contributed by atoms with E-state index in [-0.39, 0.29) is 5.91 Å². The molecule has 0 aliphatic carbocycles. The number of carbonyl (C=O) groups is 1. The van der Waals surface area contributed by atoms with Crippen LogP contribution >= 0.6 is 0 Å².